The highest BCUT2D eigenvalue weighted by atomic mass is 32.2. The second-order valence-electron chi connectivity index (χ2n) is 2.52. The van der Waals surface area contributed by atoms with Gasteiger partial charge in [-0.05, 0) is 11.8 Å². The van der Waals surface area contributed by atoms with Crippen molar-refractivity contribution < 1.29 is 8.78 Å². The number of alkyl halides is 2. The predicted octanol–water partition coefficient (Wildman–Crippen LogP) is 3.05. The first-order valence-corrected chi connectivity index (χ1v) is 4.22. The number of thioether (sulfide) groups is 1. The largest absolute Gasteiger partial charge is 0.249 e. The first-order chi connectivity index (χ1) is 4.64. The van der Waals surface area contributed by atoms with Crippen LogP contribution in [0.4, 0.5) is 8.78 Å². The van der Waals surface area contributed by atoms with Gasteiger partial charge in [0.05, 0.1) is 0 Å². The highest BCUT2D eigenvalue weighted by Gasteiger charge is 2.39. The molecule has 0 aliphatic heterocycles. The van der Waals surface area contributed by atoms with Crippen LogP contribution >= 0.6 is 11.8 Å². The Morgan fingerprint density at radius 1 is 1.60 bits per heavy atom. The minimum absolute atomic E-state index is 0.0314. The number of halogens is 2. The van der Waals surface area contributed by atoms with Crippen LogP contribution in [0.15, 0.2) is 12.0 Å². The van der Waals surface area contributed by atoms with Crippen LogP contribution in [0.5, 0.6) is 0 Å². The van der Waals surface area contributed by atoms with E-state index in [4.69, 9.17) is 0 Å². The molecular formula is C7H10F2S. The summed E-state index contributed by atoms with van der Waals surface area (Å²) in [5.74, 6) is -2.40. The molecule has 0 spiro atoms. The molecule has 0 amide bonds. The maximum absolute atomic E-state index is 12.5. The Balaban J connectivity index is 2.35. The van der Waals surface area contributed by atoms with Crippen LogP contribution in [0.2, 0.25) is 0 Å². The van der Waals surface area contributed by atoms with E-state index in [1.165, 1.54) is 11.8 Å². The van der Waals surface area contributed by atoms with E-state index in [1.54, 1.807) is 5.41 Å². The molecule has 0 nitrogen and oxygen atoms in total. The number of hydrogen-bond acceptors (Lipinski definition) is 1. The molecule has 1 saturated carbocycles. The molecule has 10 heavy (non-hydrogen) atoms. The van der Waals surface area contributed by atoms with Gasteiger partial charge in [0.2, 0.25) is 5.92 Å². The molecule has 1 aliphatic rings. The molecule has 3 heteroatoms. The molecule has 1 rings (SSSR count). The van der Waals surface area contributed by atoms with Gasteiger partial charge in [-0.1, -0.05) is 6.58 Å². The summed E-state index contributed by atoms with van der Waals surface area (Å²) in [7, 11) is 0. The number of hydrogen-bond donors (Lipinski definition) is 0. The van der Waals surface area contributed by atoms with Crippen LogP contribution in [0.3, 0.4) is 0 Å². The zero-order chi connectivity index (χ0) is 7.61. The van der Waals surface area contributed by atoms with E-state index in [2.05, 4.69) is 6.58 Å². The maximum Gasteiger partial charge on any atom is 0.249 e. The standard InChI is InChI=1S/C7H10F2S/c1-2-10-6-3-4-7(8,9)5-6/h2,6H,1,3-5H2/t6-/m0/s1. The van der Waals surface area contributed by atoms with E-state index < -0.39 is 5.92 Å². The van der Waals surface area contributed by atoms with Gasteiger partial charge in [-0.25, -0.2) is 8.78 Å². The summed E-state index contributed by atoms with van der Waals surface area (Å²) in [6.07, 6.45) is 0.714. The molecule has 0 radical (unpaired) electrons. The summed E-state index contributed by atoms with van der Waals surface area (Å²) in [5.41, 5.74) is 0. The molecule has 0 unspecified atom stereocenters. The predicted molar refractivity (Wildman–Crippen MR) is 40.4 cm³/mol. The zero-order valence-corrected chi connectivity index (χ0v) is 6.46. The Morgan fingerprint density at radius 3 is 2.70 bits per heavy atom. The zero-order valence-electron chi connectivity index (χ0n) is 5.65. The van der Waals surface area contributed by atoms with Crippen molar-refractivity contribution in [1.82, 2.24) is 0 Å². The SMILES string of the molecule is C=CS[C@H]1CCC(F)(F)C1. The second kappa shape index (κ2) is 2.91. The maximum atomic E-state index is 12.5. The fourth-order valence-electron chi connectivity index (χ4n) is 1.16. The van der Waals surface area contributed by atoms with E-state index in [-0.39, 0.29) is 18.1 Å². The van der Waals surface area contributed by atoms with Crippen molar-refractivity contribution >= 4 is 11.8 Å². The summed E-state index contributed by atoms with van der Waals surface area (Å²) in [5, 5.41) is 1.75. The fourth-order valence-corrected chi connectivity index (χ4v) is 2.03. The van der Waals surface area contributed by atoms with Crippen molar-refractivity contribution in [3.8, 4) is 0 Å². The third kappa shape index (κ3) is 1.97. The Hall–Kier alpha value is -0.0500. The minimum Gasteiger partial charge on any atom is -0.207 e. The van der Waals surface area contributed by atoms with Gasteiger partial charge in [-0.2, -0.15) is 0 Å². The summed E-state index contributed by atoms with van der Waals surface area (Å²) in [6, 6.07) is 0. The van der Waals surface area contributed by atoms with E-state index in [0.717, 1.165) is 0 Å². The van der Waals surface area contributed by atoms with Gasteiger partial charge < -0.3 is 0 Å². The second-order valence-corrected chi connectivity index (χ2v) is 3.80. The Bertz CT molecular complexity index is 134. The van der Waals surface area contributed by atoms with Gasteiger partial charge in [0.15, 0.2) is 0 Å². The molecule has 58 valence electrons. The molecule has 1 atom stereocenters. The molecule has 1 fully saturated rings. The summed E-state index contributed by atoms with van der Waals surface area (Å²) in [6.45, 7) is 3.49. The summed E-state index contributed by atoms with van der Waals surface area (Å²) in [4.78, 5) is 0. The van der Waals surface area contributed by atoms with Crippen LogP contribution in [0.25, 0.3) is 0 Å². The smallest absolute Gasteiger partial charge is 0.207 e. The van der Waals surface area contributed by atoms with Crippen LogP contribution in [-0.4, -0.2) is 11.2 Å². The van der Waals surface area contributed by atoms with Crippen molar-refractivity contribution in [2.45, 2.75) is 30.4 Å². The molecule has 0 N–H and O–H groups in total. The summed E-state index contributed by atoms with van der Waals surface area (Å²) >= 11 is 1.43. The molecule has 0 aromatic carbocycles. The lowest BCUT2D eigenvalue weighted by Gasteiger charge is -2.06. The van der Waals surface area contributed by atoms with Gasteiger partial charge in [0.1, 0.15) is 0 Å². The lowest BCUT2D eigenvalue weighted by Crippen LogP contribution is -2.09. The third-order valence-corrected chi connectivity index (χ3v) is 2.63. The van der Waals surface area contributed by atoms with Crippen LogP contribution in [0, 0.1) is 0 Å². The molecule has 0 saturated heterocycles. The first-order valence-electron chi connectivity index (χ1n) is 3.28. The van der Waals surface area contributed by atoms with Gasteiger partial charge in [-0.15, -0.1) is 11.8 Å². The van der Waals surface area contributed by atoms with E-state index in [0.29, 0.717) is 6.42 Å². The number of rotatable bonds is 2. The van der Waals surface area contributed by atoms with Crippen molar-refractivity contribution in [3.05, 3.63) is 12.0 Å². The Kier molecular flexibility index (Phi) is 2.34. The average molecular weight is 164 g/mol. The fraction of sp³-hybridized carbons (Fsp3) is 0.714. The van der Waals surface area contributed by atoms with Gasteiger partial charge in [-0.3, -0.25) is 0 Å². The molecule has 0 heterocycles. The summed E-state index contributed by atoms with van der Waals surface area (Å²) < 4.78 is 24.9. The molecule has 0 aromatic rings. The van der Waals surface area contributed by atoms with Gasteiger partial charge in [0, 0.05) is 18.1 Å². The van der Waals surface area contributed by atoms with Crippen molar-refractivity contribution in [2.75, 3.05) is 0 Å². The van der Waals surface area contributed by atoms with Gasteiger partial charge in [0.25, 0.3) is 0 Å². The van der Waals surface area contributed by atoms with Crippen molar-refractivity contribution in [1.29, 1.82) is 0 Å². The Labute approximate surface area is 63.7 Å². The monoisotopic (exact) mass is 164 g/mol. The lowest BCUT2D eigenvalue weighted by atomic mass is 10.3. The third-order valence-electron chi connectivity index (χ3n) is 1.65. The lowest BCUT2D eigenvalue weighted by molar-refractivity contribution is 0.00980. The molecule has 0 aromatic heterocycles. The molecule has 0 bridgehead atoms. The van der Waals surface area contributed by atoms with Crippen LogP contribution in [-0.2, 0) is 0 Å². The first kappa shape index (κ1) is 8.05. The molecular weight excluding hydrogens is 154 g/mol. The van der Waals surface area contributed by atoms with E-state index >= 15 is 0 Å². The van der Waals surface area contributed by atoms with Crippen LogP contribution < -0.4 is 0 Å². The van der Waals surface area contributed by atoms with Gasteiger partial charge >= 0.3 is 0 Å². The van der Waals surface area contributed by atoms with E-state index in [1.807, 2.05) is 0 Å². The van der Waals surface area contributed by atoms with Crippen LogP contribution in [0.1, 0.15) is 19.3 Å². The highest BCUT2D eigenvalue weighted by molar-refractivity contribution is 8.02. The molecule has 1 aliphatic carbocycles. The minimum atomic E-state index is -2.40. The normalized spacial score (nSPS) is 30.4. The van der Waals surface area contributed by atoms with Crippen molar-refractivity contribution in [3.63, 3.8) is 0 Å². The average Bonchev–Trinajstić information content (AvgIpc) is 2.12. The van der Waals surface area contributed by atoms with Crippen molar-refractivity contribution in [2.24, 2.45) is 0 Å². The topological polar surface area (TPSA) is 0 Å². The highest BCUT2D eigenvalue weighted by Crippen LogP contribution is 2.40. The quantitative estimate of drug-likeness (QED) is 0.604. The Morgan fingerprint density at radius 2 is 2.30 bits per heavy atom. The van der Waals surface area contributed by atoms with E-state index in [9.17, 15) is 8.78 Å².